The Kier molecular flexibility index (Phi) is 5.78. The lowest BCUT2D eigenvalue weighted by Gasteiger charge is -2.20. The number of hydrogen-bond acceptors (Lipinski definition) is 3. The monoisotopic (exact) mass is 276 g/mol. The smallest absolute Gasteiger partial charge is 0.372 e. The molecule has 0 aliphatic rings. The van der Waals surface area contributed by atoms with Crippen LogP contribution in [0, 0.1) is 13.8 Å². The van der Waals surface area contributed by atoms with Crippen LogP contribution >= 0.6 is 0 Å². The van der Waals surface area contributed by atoms with Crippen molar-refractivity contribution in [3.63, 3.8) is 0 Å². The molecule has 1 unspecified atom stereocenters. The summed E-state index contributed by atoms with van der Waals surface area (Å²) in [6.45, 7) is 2.72. The fraction of sp³-hybridized carbons (Fsp3) is 0.538. The predicted octanol–water partition coefficient (Wildman–Crippen LogP) is 2.78. The first-order valence-corrected chi connectivity index (χ1v) is 6.02. The molecule has 0 saturated carbocycles. The van der Waals surface area contributed by atoms with Gasteiger partial charge >= 0.3 is 6.18 Å². The molecular formula is C13H19F3N2O. The van der Waals surface area contributed by atoms with Crippen molar-refractivity contribution in [2.75, 3.05) is 13.2 Å². The first-order chi connectivity index (χ1) is 8.85. The highest BCUT2D eigenvalue weighted by Crippen LogP contribution is 2.23. The summed E-state index contributed by atoms with van der Waals surface area (Å²) in [7, 11) is 0. The molecule has 19 heavy (non-hydrogen) atoms. The molecular weight excluding hydrogens is 257 g/mol. The molecule has 1 aromatic rings. The van der Waals surface area contributed by atoms with Crippen LogP contribution in [0.25, 0.3) is 0 Å². The summed E-state index contributed by atoms with van der Waals surface area (Å²) in [4.78, 5) is 0. The molecule has 3 nitrogen and oxygen atoms in total. The maximum Gasteiger partial charge on any atom is 0.411 e. The minimum absolute atomic E-state index is 0.00174. The highest BCUT2D eigenvalue weighted by Gasteiger charge is 2.27. The third kappa shape index (κ3) is 5.18. The van der Waals surface area contributed by atoms with E-state index in [2.05, 4.69) is 10.2 Å². The van der Waals surface area contributed by atoms with Gasteiger partial charge in [0.1, 0.15) is 6.61 Å². The number of benzene rings is 1. The summed E-state index contributed by atoms with van der Waals surface area (Å²) < 4.78 is 40.4. The topological polar surface area (TPSA) is 47.3 Å². The minimum atomic E-state index is -4.29. The maximum atomic E-state index is 11.9. The minimum Gasteiger partial charge on any atom is -0.372 e. The number of hydrogen-bond donors (Lipinski definition) is 2. The third-order valence-corrected chi connectivity index (χ3v) is 3.04. The second-order valence-electron chi connectivity index (χ2n) is 4.46. The van der Waals surface area contributed by atoms with E-state index in [1.807, 2.05) is 32.0 Å². The Bertz CT molecular complexity index is 407. The Labute approximate surface area is 110 Å². The van der Waals surface area contributed by atoms with E-state index < -0.39 is 12.8 Å². The molecule has 0 bridgehead atoms. The Balaban J connectivity index is 2.56. The van der Waals surface area contributed by atoms with Gasteiger partial charge in [-0.3, -0.25) is 11.3 Å². The normalized spacial score (nSPS) is 13.6. The molecule has 0 saturated heterocycles. The number of nitrogens with two attached hydrogens (primary N) is 1. The molecule has 0 aliphatic heterocycles. The predicted molar refractivity (Wildman–Crippen MR) is 67.5 cm³/mol. The van der Waals surface area contributed by atoms with Gasteiger partial charge in [-0.1, -0.05) is 18.2 Å². The van der Waals surface area contributed by atoms with Crippen LogP contribution in [0.2, 0.25) is 0 Å². The molecule has 0 heterocycles. The lowest BCUT2D eigenvalue weighted by atomic mass is 9.96. The molecule has 0 spiro atoms. The Morgan fingerprint density at radius 1 is 1.32 bits per heavy atom. The summed E-state index contributed by atoms with van der Waals surface area (Å²) >= 11 is 0. The molecule has 6 heteroatoms. The van der Waals surface area contributed by atoms with Gasteiger partial charge in [-0.2, -0.15) is 13.2 Å². The lowest BCUT2D eigenvalue weighted by Crippen LogP contribution is -2.30. The number of hydrazine groups is 1. The standard InChI is InChI=1S/C13H19F3N2O/c1-9-4-3-5-11(10(9)2)12(18-17)6-7-19-8-13(14,15)16/h3-5,12,18H,6-8,17H2,1-2H3. The van der Waals surface area contributed by atoms with Crippen molar-refractivity contribution >= 4 is 0 Å². The van der Waals surface area contributed by atoms with Crippen LogP contribution in [0.1, 0.15) is 29.2 Å². The van der Waals surface area contributed by atoms with Crippen LogP contribution in [0.15, 0.2) is 18.2 Å². The summed E-state index contributed by atoms with van der Waals surface area (Å²) in [5, 5.41) is 0. The quantitative estimate of drug-likeness (QED) is 0.477. The molecule has 0 fully saturated rings. The van der Waals surface area contributed by atoms with E-state index in [-0.39, 0.29) is 12.6 Å². The Hall–Kier alpha value is -1.11. The van der Waals surface area contributed by atoms with Crippen LogP contribution in [-0.2, 0) is 4.74 Å². The average molecular weight is 276 g/mol. The molecule has 0 radical (unpaired) electrons. The van der Waals surface area contributed by atoms with Crippen LogP contribution in [-0.4, -0.2) is 19.4 Å². The first-order valence-electron chi connectivity index (χ1n) is 6.02. The van der Waals surface area contributed by atoms with E-state index in [4.69, 9.17) is 5.84 Å². The molecule has 0 aromatic heterocycles. The van der Waals surface area contributed by atoms with Crippen molar-refractivity contribution in [3.05, 3.63) is 34.9 Å². The fourth-order valence-electron chi connectivity index (χ4n) is 1.87. The zero-order chi connectivity index (χ0) is 14.5. The van der Waals surface area contributed by atoms with Gasteiger partial charge in [-0.25, -0.2) is 0 Å². The van der Waals surface area contributed by atoms with Crippen molar-refractivity contribution < 1.29 is 17.9 Å². The summed E-state index contributed by atoms with van der Waals surface area (Å²) in [5.74, 6) is 5.46. The molecule has 0 amide bonds. The van der Waals surface area contributed by atoms with E-state index in [0.29, 0.717) is 6.42 Å². The van der Waals surface area contributed by atoms with E-state index >= 15 is 0 Å². The number of ether oxygens (including phenoxy) is 1. The molecule has 1 aromatic carbocycles. The van der Waals surface area contributed by atoms with Crippen molar-refractivity contribution in [1.82, 2.24) is 5.43 Å². The van der Waals surface area contributed by atoms with E-state index in [1.165, 1.54) is 0 Å². The highest BCUT2D eigenvalue weighted by molar-refractivity contribution is 5.35. The van der Waals surface area contributed by atoms with Gasteiger partial charge in [0.05, 0.1) is 0 Å². The zero-order valence-electron chi connectivity index (χ0n) is 11.1. The van der Waals surface area contributed by atoms with Gasteiger partial charge < -0.3 is 4.74 Å². The molecule has 3 N–H and O–H groups in total. The fourth-order valence-corrected chi connectivity index (χ4v) is 1.87. The number of rotatable bonds is 6. The van der Waals surface area contributed by atoms with Crippen molar-refractivity contribution in [2.45, 2.75) is 32.5 Å². The van der Waals surface area contributed by atoms with E-state index in [9.17, 15) is 13.2 Å². The first kappa shape index (κ1) is 15.9. The second kappa shape index (κ2) is 6.88. The maximum absolute atomic E-state index is 11.9. The van der Waals surface area contributed by atoms with Crippen LogP contribution in [0.4, 0.5) is 13.2 Å². The molecule has 1 rings (SSSR count). The van der Waals surface area contributed by atoms with Gasteiger partial charge in [0.15, 0.2) is 0 Å². The van der Waals surface area contributed by atoms with E-state index in [0.717, 1.165) is 16.7 Å². The Morgan fingerprint density at radius 2 is 2.00 bits per heavy atom. The van der Waals surface area contributed by atoms with Gasteiger partial charge in [-0.05, 0) is 37.0 Å². The number of aryl methyl sites for hydroxylation is 1. The molecule has 108 valence electrons. The Morgan fingerprint density at radius 3 is 2.58 bits per heavy atom. The summed E-state index contributed by atoms with van der Waals surface area (Å²) in [6, 6.07) is 5.58. The average Bonchev–Trinajstić information content (AvgIpc) is 2.32. The number of halogens is 3. The van der Waals surface area contributed by atoms with Crippen LogP contribution in [0.5, 0.6) is 0 Å². The largest absolute Gasteiger partial charge is 0.411 e. The number of nitrogens with one attached hydrogen (secondary N) is 1. The lowest BCUT2D eigenvalue weighted by molar-refractivity contribution is -0.174. The molecule has 1 atom stereocenters. The SMILES string of the molecule is Cc1cccc(C(CCOCC(F)(F)F)NN)c1C. The summed E-state index contributed by atoms with van der Waals surface area (Å²) in [6.07, 6.45) is -3.90. The highest BCUT2D eigenvalue weighted by atomic mass is 19.4. The van der Waals surface area contributed by atoms with Crippen LogP contribution in [0.3, 0.4) is 0 Å². The van der Waals surface area contributed by atoms with Gasteiger partial charge in [0, 0.05) is 12.6 Å². The van der Waals surface area contributed by atoms with Crippen molar-refractivity contribution in [1.29, 1.82) is 0 Å². The second-order valence-corrected chi connectivity index (χ2v) is 4.46. The van der Waals surface area contributed by atoms with Gasteiger partial charge in [0.25, 0.3) is 0 Å². The van der Waals surface area contributed by atoms with Crippen molar-refractivity contribution in [2.24, 2.45) is 5.84 Å². The van der Waals surface area contributed by atoms with Crippen molar-refractivity contribution in [3.8, 4) is 0 Å². The van der Waals surface area contributed by atoms with Gasteiger partial charge in [0.2, 0.25) is 0 Å². The van der Waals surface area contributed by atoms with Gasteiger partial charge in [-0.15, -0.1) is 0 Å². The van der Waals surface area contributed by atoms with Crippen LogP contribution < -0.4 is 11.3 Å². The zero-order valence-corrected chi connectivity index (χ0v) is 11.1. The number of alkyl halides is 3. The van der Waals surface area contributed by atoms with E-state index in [1.54, 1.807) is 0 Å². The third-order valence-electron chi connectivity index (χ3n) is 3.04. The molecule has 0 aliphatic carbocycles. The summed E-state index contributed by atoms with van der Waals surface area (Å²) in [5.41, 5.74) is 5.81.